The van der Waals surface area contributed by atoms with Crippen LogP contribution in [0.4, 0.5) is 0 Å². The standard InChI is InChI=1S/C16H18ClN5O3S/c17-14-5-1-12(2-6-14)11-22-20-16(19-21-22)13-3-7-15(8-4-13)26(24,25)18-9-10-23/h1-8,18,21,23H,9-11H2,(H,19,20). The molecule has 0 saturated heterocycles. The first-order valence-electron chi connectivity index (χ1n) is 7.81. The highest BCUT2D eigenvalue weighted by atomic mass is 35.5. The van der Waals surface area contributed by atoms with E-state index in [2.05, 4.69) is 20.8 Å². The number of hydrogen-bond donors (Lipinski definition) is 4. The predicted octanol–water partition coefficient (Wildman–Crippen LogP) is 0.797. The molecule has 0 atom stereocenters. The lowest BCUT2D eigenvalue weighted by molar-refractivity contribution is 0.197. The number of halogens is 1. The number of nitrogens with zero attached hydrogens (tertiary/aromatic N) is 2. The molecular formula is C16H18ClN5O3S. The molecule has 2 aromatic carbocycles. The molecule has 10 heteroatoms. The molecule has 2 aromatic rings. The number of hydrogen-bond acceptors (Lipinski definition) is 7. The largest absolute Gasteiger partial charge is 0.395 e. The van der Waals surface area contributed by atoms with E-state index < -0.39 is 10.0 Å². The fourth-order valence-electron chi connectivity index (χ4n) is 2.31. The summed E-state index contributed by atoms with van der Waals surface area (Å²) in [6, 6.07) is 13.7. The van der Waals surface area contributed by atoms with Crippen LogP contribution >= 0.6 is 11.6 Å². The molecule has 0 aromatic heterocycles. The SMILES string of the molecule is O=S(=O)(NCCO)c1ccc(C2=NN(Cc3ccc(Cl)cc3)NN2)cc1. The number of amidine groups is 1. The summed E-state index contributed by atoms with van der Waals surface area (Å²) >= 11 is 5.88. The average molecular weight is 396 g/mol. The zero-order valence-corrected chi connectivity index (χ0v) is 15.3. The monoisotopic (exact) mass is 395 g/mol. The molecule has 8 nitrogen and oxygen atoms in total. The van der Waals surface area contributed by atoms with Crippen LogP contribution in [-0.4, -0.2) is 37.6 Å². The maximum atomic E-state index is 12.0. The van der Waals surface area contributed by atoms with Gasteiger partial charge in [0.25, 0.3) is 0 Å². The highest BCUT2D eigenvalue weighted by molar-refractivity contribution is 7.89. The predicted molar refractivity (Wildman–Crippen MR) is 98.5 cm³/mol. The Morgan fingerprint density at radius 3 is 2.46 bits per heavy atom. The van der Waals surface area contributed by atoms with E-state index in [1.54, 1.807) is 17.3 Å². The number of hydrazine groups is 2. The van der Waals surface area contributed by atoms with Gasteiger partial charge < -0.3 is 5.11 Å². The maximum Gasteiger partial charge on any atom is 0.240 e. The lowest BCUT2D eigenvalue weighted by Gasteiger charge is -2.12. The quantitative estimate of drug-likeness (QED) is 0.552. The Labute approximate surface area is 156 Å². The first kappa shape index (κ1) is 18.6. The van der Waals surface area contributed by atoms with E-state index in [4.69, 9.17) is 16.7 Å². The normalized spacial score (nSPS) is 14.2. The average Bonchev–Trinajstić information content (AvgIpc) is 3.11. The summed E-state index contributed by atoms with van der Waals surface area (Å²) in [6.07, 6.45) is 0. The second-order valence-corrected chi connectivity index (χ2v) is 7.72. The molecule has 0 saturated carbocycles. The second-order valence-electron chi connectivity index (χ2n) is 5.52. The van der Waals surface area contributed by atoms with Gasteiger partial charge in [-0.25, -0.2) is 18.3 Å². The zero-order chi connectivity index (χ0) is 18.6. The number of aliphatic hydroxyl groups excluding tert-OH is 1. The number of rotatable bonds is 7. The molecule has 0 spiro atoms. The summed E-state index contributed by atoms with van der Waals surface area (Å²) < 4.78 is 26.3. The van der Waals surface area contributed by atoms with Gasteiger partial charge in [-0.3, -0.25) is 5.43 Å². The smallest absolute Gasteiger partial charge is 0.240 e. The van der Waals surface area contributed by atoms with Crippen LogP contribution in [0.3, 0.4) is 0 Å². The van der Waals surface area contributed by atoms with Crippen LogP contribution < -0.4 is 15.7 Å². The second kappa shape index (κ2) is 8.02. The molecule has 26 heavy (non-hydrogen) atoms. The Morgan fingerprint density at radius 1 is 1.12 bits per heavy atom. The fourth-order valence-corrected chi connectivity index (χ4v) is 3.46. The molecule has 1 heterocycles. The van der Waals surface area contributed by atoms with E-state index in [0.29, 0.717) is 17.4 Å². The van der Waals surface area contributed by atoms with E-state index in [0.717, 1.165) is 11.1 Å². The van der Waals surface area contributed by atoms with Crippen molar-refractivity contribution < 1.29 is 13.5 Å². The van der Waals surface area contributed by atoms with Crippen LogP contribution in [-0.2, 0) is 16.6 Å². The zero-order valence-electron chi connectivity index (χ0n) is 13.7. The first-order valence-corrected chi connectivity index (χ1v) is 9.67. The Balaban J connectivity index is 1.68. The Morgan fingerprint density at radius 2 is 1.81 bits per heavy atom. The van der Waals surface area contributed by atoms with Gasteiger partial charge in [0.05, 0.1) is 18.0 Å². The highest BCUT2D eigenvalue weighted by Gasteiger charge is 2.17. The minimum absolute atomic E-state index is 0.0259. The number of aliphatic hydroxyl groups is 1. The van der Waals surface area contributed by atoms with Crippen molar-refractivity contribution in [1.29, 1.82) is 0 Å². The van der Waals surface area contributed by atoms with Crippen molar-refractivity contribution in [2.75, 3.05) is 13.2 Å². The summed E-state index contributed by atoms with van der Waals surface area (Å²) in [5, 5.41) is 15.5. The first-order chi connectivity index (χ1) is 12.5. The molecule has 138 valence electrons. The minimum Gasteiger partial charge on any atom is -0.395 e. The summed E-state index contributed by atoms with van der Waals surface area (Å²) in [5.74, 6) is 0.575. The molecule has 3 rings (SSSR count). The van der Waals surface area contributed by atoms with Gasteiger partial charge in [-0.2, -0.15) is 0 Å². The van der Waals surface area contributed by atoms with Gasteiger partial charge in [0.15, 0.2) is 5.84 Å². The molecule has 1 aliphatic rings. The van der Waals surface area contributed by atoms with E-state index in [9.17, 15) is 8.42 Å². The van der Waals surface area contributed by atoms with Crippen molar-refractivity contribution in [3.63, 3.8) is 0 Å². The van der Waals surface area contributed by atoms with Crippen molar-refractivity contribution in [1.82, 2.24) is 20.8 Å². The third-order valence-corrected chi connectivity index (χ3v) is 5.34. The van der Waals surface area contributed by atoms with E-state index in [1.165, 1.54) is 12.1 Å². The van der Waals surface area contributed by atoms with Crippen molar-refractivity contribution in [2.24, 2.45) is 5.10 Å². The van der Waals surface area contributed by atoms with Crippen LogP contribution in [0, 0.1) is 0 Å². The van der Waals surface area contributed by atoms with Gasteiger partial charge in [0.2, 0.25) is 10.0 Å². The van der Waals surface area contributed by atoms with E-state index in [1.807, 2.05) is 24.3 Å². The molecule has 0 bridgehead atoms. The van der Waals surface area contributed by atoms with Crippen LogP contribution in [0.25, 0.3) is 0 Å². The van der Waals surface area contributed by atoms with Crippen molar-refractivity contribution >= 4 is 27.5 Å². The summed E-state index contributed by atoms with van der Waals surface area (Å²) in [6.45, 7) is 0.250. The van der Waals surface area contributed by atoms with Gasteiger partial charge in [-0.1, -0.05) is 23.7 Å². The summed E-state index contributed by atoms with van der Waals surface area (Å²) in [4.78, 5) is 0.124. The van der Waals surface area contributed by atoms with Crippen LogP contribution in [0.2, 0.25) is 5.02 Å². The molecule has 0 unspecified atom stereocenters. The van der Waals surface area contributed by atoms with Crippen molar-refractivity contribution in [3.8, 4) is 0 Å². The summed E-state index contributed by atoms with van der Waals surface area (Å²) in [5.41, 5.74) is 7.64. The highest BCUT2D eigenvalue weighted by Crippen LogP contribution is 2.14. The number of nitrogens with one attached hydrogen (secondary N) is 3. The van der Waals surface area contributed by atoms with Crippen molar-refractivity contribution in [3.05, 3.63) is 64.7 Å². The third kappa shape index (κ3) is 4.51. The molecule has 0 amide bonds. The Bertz CT molecular complexity index is 885. The minimum atomic E-state index is -3.62. The molecule has 0 radical (unpaired) electrons. The molecule has 1 aliphatic heterocycles. The lowest BCUT2D eigenvalue weighted by atomic mass is 10.2. The van der Waals surface area contributed by atoms with Gasteiger partial charge in [-0.15, -0.1) is 10.6 Å². The fraction of sp³-hybridized carbons (Fsp3) is 0.188. The Kier molecular flexibility index (Phi) is 5.74. The Hall–Kier alpha value is -2.17. The lowest BCUT2D eigenvalue weighted by Crippen LogP contribution is -2.38. The maximum absolute atomic E-state index is 12.0. The van der Waals surface area contributed by atoms with Gasteiger partial charge in [0.1, 0.15) is 0 Å². The molecule has 0 aliphatic carbocycles. The third-order valence-electron chi connectivity index (χ3n) is 3.61. The summed E-state index contributed by atoms with van der Waals surface area (Å²) in [7, 11) is -3.62. The van der Waals surface area contributed by atoms with E-state index in [-0.39, 0.29) is 18.0 Å². The van der Waals surface area contributed by atoms with Crippen LogP contribution in [0.5, 0.6) is 0 Å². The van der Waals surface area contributed by atoms with Gasteiger partial charge in [-0.05, 0) is 42.0 Å². The van der Waals surface area contributed by atoms with Crippen molar-refractivity contribution in [2.45, 2.75) is 11.4 Å². The topological polar surface area (TPSA) is 106 Å². The van der Waals surface area contributed by atoms with Crippen LogP contribution in [0.1, 0.15) is 11.1 Å². The van der Waals surface area contributed by atoms with Crippen LogP contribution in [0.15, 0.2) is 58.5 Å². The van der Waals surface area contributed by atoms with E-state index >= 15 is 0 Å². The molecule has 0 fully saturated rings. The number of hydrazone groups is 1. The number of sulfonamides is 1. The van der Waals surface area contributed by atoms with Gasteiger partial charge in [0, 0.05) is 17.1 Å². The van der Waals surface area contributed by atoms with Gasteiger partial charge >= 0.3 is 0 Å². The number of benzene rings is 2. The molecular weight excluding hydrogens is 378 g/mol. The molecule has 4 N–H and O–H groups in total.